The van der Waals surface area contributed by atoms with Crippen LogP contribution in [0.25, 0.3) is 0 Å². The van der Waals surface area contributed by atoms with Gasteiger partial charge in [0.25, 0.3) is 0 Å². The number of carbonyl (C=O) groups is 1. The minimum atomic E-state index is 0.283. The molecule has 64 valence electrons. The number of allylic oxidation sites excluding steroid dienone is 2. The van der Waals surface area contributed by atoms with Crippen LogP contribution in [0.5, 0.6) is 0 Å². The van der Waals surface area contributed by atoms with Gasteiger partial charge in [-0.25, -0.2) is 0 Å². The second-order valence-electron chi connectivity index (χ2n) is 2.85. The summed E-state index contributed by atoms with van der Waals surface area (Å²) in [5.74, 6) is 0.283. The Labute approximate surface area is 69.5 Å². The second-order valence-corrected chi connectivity index (χ2v) is 2.85. The van der Waals surface area contributed by atoms with Crippen LogP contribution in [0.4, 0.5) is 0 Å². The maximum absolute atomic E-state index is 10.5. The number of ketones is 1. The van der Waals surface area contributed by atoms with E-state index >= 15 is 0 Å². The first kappa shape index (κ1) is 10.4. The van der Waals surface area contributed by atoms with Crippen LogP contribution in [0.3, 0.4) is 0 Å². The van der Waals surface area contributed by atoms with E-state index in [1.807, 2.05) is 0 Å². The molecule has 0 fully saturated rings. The highest BCUT2D eigenvalue weighted by Gasteiger charge is 1.87. The summed E-state index contributed by atoms with van der Waals surface area (Å²) in [5.41, 5.74) is 0. The topological polar surface area (TPSA) is 17.1 Å². The maximum atomic E-state index is 10.5. The van der Waals surface area contributed by atoms with Gasteiger partial charge in [-0.2, -0.15) is 0 Å². The molecule has 0 spiro atoms. The Morgan fingerprint density at radius 1 is 1.27 bits per heavy atom. The predicted molar refractivity (Wildman–Crippen MR) is 48.6 cm³/mol. The standard InChI is InChI=1S/C10H18O/c1-3-4-5-6-7-8-9-10(2)11/h6-7H,3-5,8-9H2,1-2H3/b7-6-. The molecule has 0 aromatic rings. The highest BCUT2D eigenvalue weighted by Crippen LogP contribution is 1.98. The third-order valence-corrected chi connectivity index (χ3v) is 1.55. The van der Waals surface area contributed by atoms with Crippen LogP contribution in [0.2, 0.25) is 0 Å². The van der Waals surface area contributed by atoms with Gasteiger partial charge in [-0.3, -0.25) is 0 Å². The molecule has 1 heteroatoms. The SMILES string of the molecule is CCCC/C=C\CCC(C)=O. The third-order valence-electron chi connectivity index (χ3n) is 1.55. The molecule has 0 heterocycles. The Morgan fingerprint density at radius 3 is 2.45 bits per heavy atom. The van der Waals surface area contributed by atoms with Gasteiger partial charge < -0.3 is 4.79 Å². The molecule has 0 rings (SSSR count). The number of hydrogen-bond acceptors (Lipinski definition) is 1. The largest absolute Gasteiger partial charge is 0.300 e. The number of unbranched alkanes of at least 4 members (excludes halogenated alkanes) is 2. The van der Waals surface area contributed by atoms with Crippen LogP contribution in [0.15, 0.2) is 12.2 Å². The summed E-state index contributed by atoms with van der Waals surface area (Å²) in [5, 5.41) is 0. The molecule has 0 N–H and O–H groups in total. The van der Waals surface area contributed by atoms with Crippen molar-refractivity contribution in [1.29, 1.82) is 0 Å². The Morgan fingerprint density at radius 2 is 1.91 bits per heavy atom. The van der Waals surface area contributed by atoms with E-state index in [2.05, 4.69) is 19.1 Å². The van der Waals surface area contributed by atoms with Gasteiger partial charge >= 0.3 is 0 Å². The smallest absolute Gasteiger partial charge is 0.130 e. The molecule has 11 heavy (non-hydrogen) atoms. The highest BCUT2D eigenvalue weighted by atomic mass is 16.1. The summed E-state index contributed by atoms with van der Waals surface area (Å²) in [4.78, 5) is 10.5. The van der Waals surface area contributed by atoms with E-state index < -0.39 is 0 Å². The van der Waals surface area contributed by atoms with Crippen molar-refractivity contribution in [3.63, 3.8) is 0 Å². The normalized spacial score (nSPS) is 10.7. The Balaban J connectivity index is 3.10. The number of carbonyl (C=O) groups excluding carboxylic acids is 1. The zero-order valence-electron chi connectivity index (χ0n) is 7.60. The summed E-state index contributed by atoms with van der Waals surface area (Å²) >= 11 is 0. The molecule has 0 atom stereocenters. The Bertz CT molecular complexity index is 125. The average molecular weight is 154 g/mol. The molecule has 0 aliphatic heterocycles. The number of rotatable bonds is 6. The molecule has 0 unspecified atom stereocenters. The van der Waals surface area contributed by atoms with Gasteiger partial charge in [-0.1, -0.05) is 31.9 Å². The summed E-state index contributed by atoms with van der Waals surface area (Å²) in [6.07, 6.45) is 9.56. The quantitative estimate of drug-likeness (QED) is 0.424. The lowest BCUT2D eigenvalue weighted by atomic mass is 10.2. The van der Waals surface area contributed by atoms with Crippen LogP contribution in [0.1, 0.15) is 46.0 Å². The average Bonchev–Trinajstić information content (AvgIpc) is 1.96. The van der Waals surface area contributed by atoms with Crippen molar-refractivity contribution in [1.82, 2.24) is 0 Å². The van der Waals surface area contributed by atoms with E-state index in [9.17, 15) is 4.79 Å². The molecule has 0 amide bonds. The lowest BCUT2D eigenvalue weighted by Gasteiger charge is -1.89. The van der Waals surface area contributed by atoms with E-state index in [4.69, 9.17) is 0 Å². The van der Waals surface area contributed by atoms with Gasteiger partial charge in [-0.15, -0.1) is 0 Å². The van der Waals surface area contributed by atoms with Crippen molar-refractivity contribution in [3.8, 4) is 0 Å². The van der Waals surface area contributed by atoms with Gasteiger partial charge in [0.1, 0.15) is 5.78 Å². The van der Waals surface area contributed by atoms with E-state index in [0.29, 0.717) is 6.42 Å². The van der Waals surface area contributed by atoms with E-state index in [-0.39, 0.29) is 5.78 Å². The first-order valence-corrected chi connectivity index (χ1v) is 4.41. The number of hydrogen-bond donors (Lipinski definition) is 0. The van der Waals surface area contributed by atoms with Crippen molar-refractivity contribution in [3.05, 3.63) is 12.2 Å². The van der Waals surface area contributed by atoms with Gasteiger partial charge in [0, 0.05) is 6.42 Å². The highest BCUT2D eigenvalue weighted by molar-refractivity contribution is 5.75. The van der Waals surface area contributed by atoms with Crippen molar-refractivity contribution in [2.45, 2.75) is 46.0 Å². The van der Waals surface area contributed by atoms with Crippen LogP contribution < -0.4 is 0 Å². The molecule has 0 aliphatic rings. The van der Waals surface area contributed by atoms with Crippen molar-refractivity contribution < 1.29 is 4.79 Å². The predicted octanol–water partition coefficient (Wildman–Crippen LogP) is 3.10. The lowest BCUT2D eigenvalue weighted by molar-refractivity contribution is -0.116. The second kappa shape index (κ2) is 7.52. The minimum absolute atomic E-state index is 0.283. The fraction of sp³-hybridized carbons (Fsp3) is 0.700. The Hall–Kier alpha value is -0.590. The summed E-state index contributed by atoms with van der Waals surface area (Å²) in [6.45, 7) is 3.82. The molecular weight excluding hydrogens is 136 g/mol. The van der Waals surface area contributed by atoms with Crippen molar-refractivity contribution in [2.75, 3.05) is 0 Å². The molecule has 0 aromatic carbocycles. The van der Waals surface area contributed by atoms with Crippen LogP contribution in [-0.2, 0) is 4.79 Å². The van der Waals surface area contributed by atoms with Gasteiger partial charge in [0.2, 0.25) is 0 Å². The minimum Gasteiger partial charge on any atom is -0.300 e. The lowest BCUT2D eigenvalue weighted by Crippen LogP contribution is -1.86. The summed E-state index contributed by atoms with van der Waals surface area (Å²) in [7, 11) is 0. The van der Waals surface area contributed by atoms with Crippen molar-refractivity contribution >= 4 is 5.78 Å². The molecule has 1 nitrogen and oxygen atoms in total. The van der Waals surface area contributed by atoms with E-state index in [0.717, 1.165) is 12.8 Å². The van der Waals surface area contributed by atoms with Gasteiger partial charge in [0.15, 0.2) is 0 Å². The van der Waals surface area contributed by atoms with Crippen LogP contribution in [-0.4, -0.2) is 5.78 Å². The summed E-state index contributed by atoms with van der Waals surface area (Å²) in [6, 6.07) is 0. The Kier molecular flexibility index (Phi) is 7.11. The number of Topliss-reactive ketones (excluding diaryl/α,β-unsaturated/α-hetero) is 1. The zero-order valence-corrected chi connectivity index (χ0v) is 7.60. The van der Waals surface area contributed by atoms with E-state index in [1.165, 1.54) is 12.8 Å². The van der Waals surface area contributed by atoms with Crippen LogP contribution >= 0.6 is 0 Å². The molecule has 0 aromatic heterocycles. The zero-order chi connectivity index (χ0) is 8.53. The molecular formula is C10H18O. The first-order chi connectivity index (χ1) is 5.27. The van der Waals surface area contributed by atoms with Gasteiger partial charge in [0.05, 0.1) is 0 Å². The molecule has 0 bridgehead atoms. The summed E-state index contributed by atoms with van der Waals surface area (Å²) < 4.78 is 0. The molecule has 0 saturated carbocycles. The maximum Gasteiger partial charge on any atom is 0.130 e. The first-order valence-electron chi connectivity index (χ1n) is 4.41. The molecule has 0 radical (unpaired) electrons. The van der Waals surface area contributed by atoms with Gasteiger partial charge in [-0.05, 0) is 19.8 Å². The third kappa shape index (κ3) is 9.41. The van der Waals surface area contributed by atoms with E-state index in [1.54, 1.807) is 6.92 Å². The molecule has 0 saturated heterocycles. The monoisotopic (exact) mass is 154 g/mol. The fourth-order valence-corrected chi connectivity index (χ4v) is 0.844. The fourth-order valence-electron chi connectivity index (χ4n) is 0.844. The molecule has 0 aliphatic carbocycles. The van der Waals surface area contributed by atoms with Crippen molar-refractivity contribution in [2.24, 2.45) is 0 Å². The van der Waals surface area contributed by atoms with Crippen LogP contribution in [0, 0.1) is 0 Å².